The summed E-state index contributed by atoms with van der Waals surface area (Å²) in [5, 5.41) is 20.9. The van der Waals surface area contributed by atoms with Crippen LogP contribution in [0.4, 0.5) is 5.69 Å². The van der Waals surface area contributed by atoms with E-state index in [0.29, 0.717) is 0 Å². The van der Waals surface area contributed by atoms with Crippen LogP contribution in [0.5, 0.6) is 0 Å². The molecule has 3 N–H and O–H groups in total. The number of carboxylic acid groups (broad SMARTS) is 1. The highest BCUT2D eigenvalue weighted by Crippen LogP contribution is 2.28. The molecule has 2 unspecified atom stereocenters. The van der Waals surface area contributed by atoms with E-state index in [0.717, 1.165) is 24.6 Å². The number of para-hydroxylation sites is 1. The Labute approximate surface area is 140 Å². The Hall–Kier alpha value is -2.41. The van der Waals surface area contributed by atoms with Gasteiger partial charge in [0.05, 0.1) is 12.5 Å². The number of hydrogen-bond acceptors (Lipinski definition) is 4. The molecule has 0 aliphatic carbocycles. The van der Waals surface area contributed by atoms with Crippen LogP contribution in [-0.4, -0.2) is 46.7 Å². The molecule has 1 aromatic carbocycles. The maximum Gasteiger partial charge on any atom is 0.337 e. The van der Waals surface area contributed by atoms with Gasteiger partial charge in [-0.15, -0.1) is 0 Å². The van der Waals surface area contributed by atoms with E-state index in [2.05, 4.69) is 5.32 Å². The van der Waals surface area contributed by atoms with E-state index in [-0.39, 0.29) is 18.9 Å². The Morgan fingerprint density at radius 1 is 1.38 bits per heavy atom. The Morgan fingerprint density at radius 2 is 2.04 bits per heavy atom. The van der Waals surface area contributed by atoms with Gasteiger partial charge in [-0.3, -0.25) is 9.59 Å². The normalized spacial score (nSPS) is 19.9. The molecule has 7 nitrogen and oxygen atoms in total. The third-order valence-corrected chi connectivity index (χ3v) is 4.23. The molecule has 1 heterocycles. The maximum absolute atomic E-state index is 12.3. The summed E-state index contributed by atoms with van der Waals surface area (Å²) in [6.07, 6.45) is 0.845. The average molecular weight is 334 g/mol. The van der Waals surface area contributed by atoms with Crippen LogP contribution in [0.2, 0.25) is 0 Å². The summed E-state index contributed by atoms with van der Waals surface area (Å²) in [7, 11) is 0. The lowest BCUT2D eigenvalue weighted by Gasteiger charge is -2.21. The van der Waals surface area contributed by atoms with Gasteiger partial charge in [-0.1, -0.05) is 25.1 Å². The van der Waals surface area contributed by atoms with Crippen molar-refractivity contribution in [2.45, 2.75) is 32.3 Å². The zero-order valence-electron chi connectivity index (χ0n) is 13.8. The topological polar surface area (TPSA) is 107 Å². The molecule has 2 amide bonds. The predicted octanol–water partition coefficient (Wildman–Crippen LogP) is 0.554. The van der Waals surface area contributed by atoms with Crippen LogP contribution in [0.15, 0.2) is 24.3 Å². The van der Waals surface area contributed by atoms with Gasteiger partial charge in [-0.25, -0.2) is 4.79 Å². The van der Waals surface area contributed by atoms with Crippen LogP contribution in [-0.2, 0) is 20.8 Å². The number of carboxylic acids is 1. The number of carbonyl (C=O) groups is 3. The molecule has 24 heavy (non-hydrogen) atoms. The Balaban J connectivity index is 2.04. The molecule has 1 aliphatic rings. The van der Waals surface area contributed by atoms with Crippen molar-refractivity contribution in [3.63, 3.8) is 0 Å². The van der Waals surface area contributed by atoms with Crippen LogP contribution in [0, 0.1) is 5.92 Å². The van der Waals surface area contributed by atoms with Crippen molar-refractivity contribution in [1.29, 1.82) is 0 Å². The minimum atomic E-state index is -2.03. The highest BCUT2D eigenvalue weighted by molar-refractivity contribution is 6.00. The summed E-state index contributed by atoms with van der Waals surface area (Å²) >= 11 is 0. The first-order valence-corrected chi connectivity index (χ1v) is 7.88. The molecule has 1 saturated heterocycles. The van der Waals surface area contributed by atoms with E-state index in [1.807, 2.05) is 31.2 Å². The number of aliphatic carboxylic acids is 1. The van der Waals surface area contributed by atoms with Gasteiger partial charge >= 0.3 is 5.97 Å². The maximum atomic E-state index is 12.3. The molecule has 1 fully saturated rings. The number of nitrogens with one attached hydrogen (secondary N) is 1. The van der Waals surface area contributed by atoms with Crippen LogP contribution in [0.3, 0.4) is 0 Å². The van der Waals surface area contributed by atoms with E-state index >= 15 is 0 Å². The van der Waals surface area contributed by atoms with E-state index in [9.17, 15) is 19.5 Å². The molecule has 2 atom stereocenters. The summed E-state index contributed by atoms with van der Waals surface area (Å²) in [5.74, 6) is -2.54. The number of aryl methyl sites for hydroxylation is 1. The summed E-state index contributed by atoms with van der Waals surface area (Å²) in [6, 6.07) is 7.55. The first-order chi connectivity index (χ1) is 11.3. The fraction of sp³-hybridized carbons (Fsp3) is 0.471. The summed E-state index contributed by atoms with van der Waals surface area (Å²) < 4.78 is 0. The monoisotopic (exact) mass is 334 g/mol. The predicted molar refractivity (Wildman–Crippen MR) is 87.5 cm³/mol. The number of rotatable bonds is 6. The van der Waals surface area contributed by atoms with Crippen molar-refractivity contribution < 1.29 is 24.6 Å². The minimum Gasteiger partial charge on any atom is -0.479 e. The van der Waals surface area contributed by atoms with Crippen molar-refractivity contribution >= 4 is 23.5 Å². The number of carbonyl (C=O) groups excluding carboxylic acids is 2. The van der Waals surface area contributed by atoms with Gasteiger partial charge < -0.3 is 20.4 Å². The molecule has 0 saturated carbocycles. The van der Waals surface area contributed by atoms with E-state index < -0.39 is 29.9 Å². The molecule has 2 rings (SSSR count). The number of nitrogens with zero attached hydrogens (tertiary/aromatic N) is 1. The summed E-state index contributed by atoms with van der Waals surface area (Å²) in [4.78, 5) is 36.9. The lowest BCUT2D eigenvalue weighted by atomic mass is 10.1. The van der Waals surface area contributed by atoms with Crippen molar-refractivity contribution in [3.8, 4) is 0 Å². The lowest BCUT2D eigenvalue weighted by Crippen LogP contribution is -2.48. The number of aliphatic hydroxyl groups is 1. The van der Waals surface area contributed by atoms with Gasteiger partial charge in [0.15, 0.2) is 5.60 Å². The molecule has 0 spiro atoms. The number of anilines is 1. The second-order valence-electron chi connectivity index (χ2n) is 6.18. The fourth-order valence-corrected chi connectivity index (χ4v) is 2.67. The van der Waals surface area contributed by atoms with Crippen LogP contribution in [0.1, 0.15) is 25.8 Å². The van der Waals surface area contributed by atoms with Crippen LogP contribution < -0.4 is 10.2 Å². The summed E-state index contributed by atoms with van der Waals surface area (Å²) in [5.41, 5.74) is -0.203. The van der Waals surface area contributed by atoms with Gasteiger partial charge in [-0.2, -0.15) is 0 Å². The SMILES string of the molecule is CCc1ccccc1N1CC(C(=O)NCC(C)(O)C(=O)O)CC1=O. The van der Waals surface area contributed by atoms with Gasteiger partial charge in [0.1, 0.15) is 0 Å². The Kier molecular flexibility index (Phi) is 5.23. The van der Waals surface area contributed by atoms with Crippen LogP contribution >= 0.6 is 0 Å². The number of hydrogen-bond donors (Lipinski definition) is 3. The third-order valence-electron chi connectivity index (χ3n) is 4.23. The Morgan fingerprint density at radius 3 is 2.67 bits per heavy atom. The summed E-state index contributed by atoms with van der Waals surface area (Å²) in [6.45, 7) is 2.95. The number of amides is 2. The van der Waals surface area contributed by atoms with Crippen molar-refractivity contribution in [1.82, 2.24) is 5.32 Å². The second-order valence-corrected chi connectivity index (χ2v) is 6.18. The molecule has 130 valence electrons. The van der Waals surface area contributed by atoms with E-state index in [4.69, 9.17) is 5.11 Å². The van der Waals surface area contributed by atoms with Crippen LogP contribution in [0.25, 0.3) is 0 Å². The van der Waals surface area contributed by atoms with Gasteiger partial charge in [0, 0.05) is 18.7 Å². The molecule has 0 radical (unpaired) electrons. The fourth-order valence-electron chi connectivity index (χ4n) is 2.67. The van der Waals surface area contributed by atoms with Crippen molar-refractivity contribution in [2.24, 2.45) is 5.92 Å². The van der Waals surface area contributed by atoms with Gasteiger partial charge in [0.2, 0.25) is 11.8 Å². The quantitative estimate of drug-likeness (QED) is 0.704. The Bertz CT molecular complexity index is 656. The van der Waals surface area contributed by atoms with E-state index in [1.54, 1.807) is 4.90 Å². The van der Waals surface area contributed by atoms with Gasteiger partial charge in [0.25, 0.3) is 0 Å². The molecular formula is C17H22N2O5. The first kappa shape index (κ1) is 17.9. The third kappa shape index (κ3) is 3.73. The number of benzene rings is 1. The first-order valence-electron chi connectivity index (χ1n) is 7.88. The molecular weight excluding hydrogens is 312 g/mol. The minimum absolute atomic E-state index is 0.0685. The molecule has 1 aliphatic heterocycles. The van der Waals surface area contributed by atoms with Gasteiger partial charge in [-0.05, 0) is 25.0 Å². The second kappa shape index (κ2) is 7.00. The smallest absolute Gasteiger partial charge is 0.337 e. The molecule has 0 bridgehead atoms. The standard InChI is InChI=1S/C17H22N2O5/c1-3-11-6-4-5-7-13(11)19-9-12(8-14(19)20)15(21)18-10-17(2,24)16(22)23/h4-7,12,24H,3,8-10H2,1-2H3,(H,18,21)(H,22,23). The zero-order valence-corrected chi connectivity index (χ0v) is 13.8. The average Bonchev–Trinajstić information content (AvgIpc) is 2.94. The molecule has 7 heteroatoms. The molecule has 1 aromatic rings. The van der Waals surface area contributed by atoms with Crippen molar-refractivity contribution in [2.75, 3.05) is 18.0 Å². The highest BCUT2D eigenvalue weighted by atomic mass is 16.4. The highest BCUT2D eigenvalue weighted by Gasteiger charge is 2.37. The zero-order chi connectivity index (χ0) is 17.9. The largest absolute Gasteiger partial charge is 0.479 e. The molecule has 0 aromatic heterocycles. The lowest BCUT2D eigenvalue weighted by molar-refractivity contribution is -0.156. The van der Waals surface area contributed by atoms with E-state index in [1.165, 1.54) is 0 Å². The van der Waals surface area contributed by atoms with Crippen molar-refractivity contribution in [3.05, 3.63) is 29.8 Å².